The molecule has 0 saturated heterocycles. The van der Waals surface area contributed by atoms with Crippen molar-refractivity contribution in [3.8, 4) is 0 Å². The molecule has 0 aliphatic carbocycles. The summed E-state index contributed by atoms with van der Waals surface area (Å²) < 4.78 is 18.3. The molecule has 1 aromatic rings. The number of allylic oxidation sites excluding steroid dienone is 5. The lowest BCUT2D eigenvalue weighted by atomic mass is 10.1. The molecule has 0 bridgehead atoms. The van der Waals surface area contributed by atoms with Gasteiger partial charge < -0.3 is 4.74 Å². The van der Waals surface area contributed by atoms with Crippen molar-refractivity contribution in [2.24, 2.45) is 0 Å². The monoisotopic (exact) mass is 296 g/mol. The summed E-state index contributed by atoms with van der Waals surface area (Å²) in [5.41, 5.74) is 0.126. The topological polar surface area (TPSA) is 61.2 Å². The van der Waals surface area contributed by atoms with Crippen LogP contribution in [0.1, 0.15) is 28.0 Å². The molecule has 0 amide bonds. The Kier molecular flexibility index (Phi) is 5.92. The quantitative estimate of drug-likeness (QED) is 0.349. The number of imidazole rings is 1. The van der Waals surface area contributed by atoms with E-state index in [-0.39, 0.29) is 29.4 Å². The maximum absolute atomic E-state index is 13.0. The molecule has 0 N–H and O–H groups in total. The first-order valence-electron chi connectivity index (χ1n) is 5.55. The van der Waals surface area contributed by atoms with Gasteiger partial charge in [0.2, 0.25) is 5.78 Å². The largest absolute Gasteiger partial charge is 0.464 e. The van der Waals surface area contributed by atoms with E-state index in [1.165, 1.54) is 12.2 Å². The highest BCUT2D eigenvalue weighted by Gasteiger charge is 2.23. The minimum atomic E-state index is -0.776. The minimum Gasteiger partial charge on any atom is -0.464 e. The number of carbonyl (C=O) groups excluding carboxylic acids is 2. The summed E-state index contributed by atoms with van der Waals surface area (Å²) in [7, 11) is 1.16. The normalized spacial score (nSPS) is 11.7. The van der Waals surface area contributed by atoms with Gasteiger partial charge in [-0.05, 0) is 6.92 Å². The van der Waals surface area contributed by atoms with Gasteiger partial charge in [-0.2, -0.15) is 0 Å². The van der Waals surface area contributed by atoms with E-state index in [1.54, 1.807) is 19.1 Å². The molecule has 0 spiro atoms. The van der Waals surface area contributed by atoms with E-state index < -0.39 is 11.8 Å². The molecule has 0 aliphatic rings. The molecule has 106 valence electrons. The Balaban J connectivity index is 3.29. The van der Waals surface area contributed by atoms with E-state index in [4.69, 9.17) is 0 Å². The zero-order chi connectivity index (χ0) is 15.1. The van der Waals surface area contributed by atoms with Crippen LogP contribution in [0.15, 0.2) is 42.7 Å². The molecule has 7 heteroatoms. The van der Waals surface area contributed by atoms with Crippen molar-refractivity contribution >= 4 is 24.1 Å². The Hall–Kier alpha value is -2.15. The zero-order valence-electron chi connectivity index (χ0n) is 11.0. The highest BCUT2D eigenvalue weighted by molar-refractivity contribution is 7.92. The molecule has 0 aromatic carbocycles. The maximum Gasteiger partial charge on any atom is 0.357 e. The van der Waals surface area contributed by atoms with Crippen LogP contribution in [0.3, 0.4) is 0 Å². The van der Waals surface area contributed by atoms with Gasteiger partial charge in [0.05, 0.1) is 13.3 Å². The van der Waals surface area contributed by atoms with Crippen LogP contribution in [0.2, 0.25) is 0 Å². The summed E-state index contributed by atoms with van der Waals surface area (Å²) in [6, 6.07) is 0. The molecule has 0 unspecified atom stereocenters. The fourth-order valence-corrected chi connectivity index (χ4v) is 1.84. The number of esters is 1. The summed E-state index contributed by atoms with van der Waals surface area (Å²) in [5.74, 6) is -1.51. The van der Waals surface area contributed by atoms with Gasteiger partial charge in [0.1, 0.15) is 0 Å². The van der Waals surface area contributed by atoms with Crippen LogP contribution in [-0.4, -0.2) is 27.8 Å². The molecular formula is C13H13FN2O3S. The molecule has 0 saturated carbocycles. The van der Waals surface area contributed by atoms with Crippen molar-refractivity contribution in [2.75, 3.05) is 7.11 Å². The van der Waals surface area contributed by atoms with Crippen LogP contribution < -0.4 is 0 Å². The second-order valence-corrected chi connectivity index (χ2v) is 4.01. The van der Waals surface area contributed by atoms with E-state index >= 15 is 0 Å². The first-order chi connectivity index (χ1) is 9.60. The van der Waals surface area contributed by atoms with Crippen LogP contribution in [0.25, 0.3) is 0 Å². The van der Waals surface area contributed by atoms with Gasteiger partial charge in [0.25, 0.3) is 0 Å². The van der Waals surface area contributed by atoms with Crippen molar-refractivity contribution in [3.63, 3.8) is 0 Å². The van der Waals surface area contributed by atoms with Gasteiger partial charge in [0.15, 0.2) is 23.9 Å². The second-order valence-electron chi connectivity index (χ2n) is 3.51. The third-order valence-electron chi connectivity index (χ3n) is 2.29. The number of nitrogens with zero attached hydrogens (tertiary/aromatic N) is 2. The Morgan fingerprint density at radius 1 is 1.55 bits per heavy atom. The van der Waals surface area contributed by atoms with Gasteiger partial charge in [0, 0.05) is 5.57 Å². The summed E-state index contributed by atoms with van der Waals surface area (Å²) in [5, 5.41) is 0. The van der Waals surface area contributed by atoms with Gasteiger partial charge in [-0.25, -0.2) is 13.8 Å². The number of Topliss-reactive ketones (excluding diaryl/α,β-unsaturated/α-hetero) is 1. The third-order valence-corrected chi connectivity index (χ3v) is 2.80. The van der Waals surface area contributed by atoms with Crippen LogP contribution in [0.5, 0.6) is 0 Å². The fourth-order valence-electron chi connectivity index (χ4n) is 1.44. The van der Waals surface area contributed by atoms with E-state index in [0.717, 1.165) is 17.3 Å². The Labute approximate surface area is 120 Å². The number of hydrogen-bond donors (Lipinski definition) is 0. The van der Waals surface area contributed by atoms with Crippen molar-refractivity contribution in [2.45, 2.75) is 6.92 Å². The minimum absolute atomic E-state index is 0.151. The predicted octanol–water partition coefficient (Wildman–Crippen LogP) is 2.92. The van der Waals surface area contributed by atoms with Crippen LogP contribution >= 0.6 is 12.3 Å². The molecule has 0 radical (unpaired) electrons. The second kappa shape index (κ2) is 7.44. The van der Waals surface area contributed by atoms with Gasteiger partial charge in [-0.3, -0.25) is 4.79 Å². The fraction of sp³-hybridized carbons (Fsp3) is 0.154. The molecular weight excluding hydrogens is 283 g/mol. The number of methoxy groups -OCH3 is 1. The van der Waals surface area contributed by atoms with E-state index in [0.29, 0.717) is 0 Å². The zero-order valence-corrected chi connectivity index (χ0v) is 11.8. The summed E-state index contributed by atoms with van der Waals surface area (Å²) in [4.78, 5) is 27.5. The first kappa shape index (κ1) is 15.9. The van der Waals surface area contributed by atoms with Gasteiger partial charge in [-0.15, -0.1) is 3.89 Å². The van der Waals surface area contributed by atoms with Crippen molar-refractivity contribution < 1.29 is 18.2 Å². The lowest BCUT2D eigenvalue weighted by Crippen LogP contribution is -2.12. The number of rotatable bonds is 6. The van der Waals surface area contributed by atoms with Crippen molar-refractivity contribution in [1.82, 2.24) is 8.96 Å². The summed E-state index contributed by atoms with van der Waals surface area (Å²) in [6.07, 6.45) is 7.20. The number of ketones is 1. The predicted molar refractivity (Wildman–Crippen MR) is 75.1 cm³/mol. The standard InChI is InChI=1S/C13H13FN2O3S/c1-4-6-9(7-5-2)11(17)12-15-8-10(13(18)19-3)16(12)20-14/h4-8H,1H2,2-3H3/b7-5-,9-6+. The highest BCUT2D eigenvalue weighted by atomic mass is 32.2. The number of halogens is 1. The van der Waals surface area contributed by atoms with E-state index in [2.05, 4.69) is 16.3 Å². The molecule has 20 heavy (non-hydrogen) atoms. The van der Waals surface area contributed by atoms with E-state index in [1.807, 2.05) is 0 Å². The number of hydrogen-bond acceptors (Lipinski definition) is 5. The number of carbonyl (C=O) groups is 2. The van der Waals surface area contributed by atoms with Gasteiger partial charge in [-0.1, -0.05) is 30.9 Å². The van der Waals surface area contributed by atoms with Crippen molar-refractivity contribution in [1.29, 1.82) is 0 Å². The average molecular weight is 296 g/mol. The number of aromatic nitrogens is 2. The first-order valence-corrected chi connectivity index (χ1v) is 6.23. The van der Waals surface area contributed by atoms with Gasteiger partial charge >= 0.3 is 5.97 Å². The lowest BCUT2D eigenvalue weighted by molar-refractivity contribution is 0.0593. The molecule has 1 aromatic heterocycles. The smallest absolute Gasteiger partial charge is 0.357 e. The van der Waals surface area contributed by atoms with Crippen molar-refractivity contribution in [3.05, 3.63) is 54.2 Å². The SMILES string of the molecule is C=C/C=C(\C=C/C)C(=O)c1ncc(C(=O)OC)n1SF. The van der Waals surface area contributed by atoms with Crippen LogP contribution in [0, 0.1) is 0 Å². The molecule has 0 fully saturated rings. The number of ether oxygens (including phenoxy) is 1. The summed E-state index contributed by atoms with van der Waals surface area (Å²) >= 11 is -0.290. The molecule has 0 aliphatic heterocycles. The highest BCUT2D eigenvalue weighted by Crippen LogP contribution is 2.20. The lowest BCUT2D eigenvalue weighted by Gasteiger charge is -2.04. The Morgan fingerprint density at radius 2 is 2.25 bits per heavy atom. The van der Waals surface area contributed by atoms with E-state index in [9.17, 15) is 13.5 Å². The molecule has 1 rings (SSSR count). The Bertz CT molecular complexity index is 590. The Morgan fingerprint density at radius 3 is 2.75 bits per heavy atom. The van der Waals surface area contributed by atoms with Crippen LogP contribution in [0.4, 0.5) is 3.89 Å². The molecule has 0 atom stereocenters. The van der Waals surface area contributed by atoms with Crippen LogP contribution in [-0.2, 0) is 4.74 Å². The molecule has 5 nitrogen and oxygen atoms in total. The maximum atomic E-state index is 13.0. The molecule has 1 heterocycles. The third kappa shape index (κ3) is 3.24. The summed E-state index contributed by atoms with van der Waals surface area (Å²) in [6.45, 7) is 5.24. The average Bonchev–Trinajstić information content (AvgIpc) is 2.89.